The summed E-state index contributed by atoms with van der Waals surface area (Å²) >= 11 is 0. The van der Waals surface area contributed by atoms with E-state index in [1.807, 2.05) is 4.90 Å². The minimum absolute atomic E-state index is 0.149. The Hall–Kier alpha value is -2.30. The lowest BCUT2D eigenvalue weighted by atomic mass is 9.84. The Morgan fingerprint density at radius 2 is 2.00 bits per heavy atom. The van der Waals surface area contributed by atoms with Crippen molar-refractivity contribution >= 4 is 17.4 Å². The van der Waals surface area contributed by atoms with E-state index in [1.54, 1.807) is 6.92 Å². The maximum Gasteiger partial charge on any atom is 0.219 e. The maximum absolute atomic E-state index is 12.0. The van der Waals surface area contributed by atoms with Crippen molar-refractivity contribution in [2.24, 2.45) is 5.92 Å². The Morgan fingerprint density at radius 3 is 2.76 bits per heavy atom. The SMILES string of the molecule is CC(=O)N1CCc2c(c(Nc3cccc(C4CCCCC4)c3)nn2CC2CC2)C1. The number of hydrogen-bond donors (Lipinski definition) is 1. The van der Waals surface area contributed by atoms with Crippen LogP contribution in [0, 0.1) is 5.92 Å². The van der Waals surface area contributed by atoms with E-state index in [2.05, 4.69) is 34.3 Å². The molecule has 0 spiro atoms. The number of aromatic nitrogens is 2. The van der Waals surface area contributed by atoms with Crippen LogP contribution in [0.1, 0.15) is 74.6 Å². The van der Waals surface area contributed by atoms with Crippen LogP contribution in [0.2, 0.25) is 0 Å². The maximum atomic E-state index is 12.0. The highest BCUT2D eigenvalue weighted by atomic mass is 16.2. The van der Waals surface area contributed by atoms with Gasteiger partial charge in [0.1, 0.15) is 0 Å². The number of amides is 1. The zero-order chi connectivity index (χ0) is 19.8. The van der Waals surface area contributed by atoms with Crippen LogP contribution < -0.4 is 5.32 Å². The number of fused-ring (bicyclic) bond motifs is 1. The third-order valence-corrected chi connectivity index (χ3v) is 6.93. The summed E-state index contributed by atoms with van der Waals surface area (Å²) in [5.41, 5.74) is 5.09. The highest BCUT2D eigenvalue weighted by Crippen LogP contribution is 2.36. The third kappa shape index (κ3) is 4.05. The molecule has 2 aliphatic carbocycles. The molecule has 0 radical (unpaired) electrons. The molecule has 29 heavy (non-hydrogen) atoms. The Kier molecular flexibility index (Phi) is 5.06. The molecule has 3 aliphatic rings. The van der Waals surface area contributed by atoms with Crippen molar-refractivity contribution in [1.82, 2.24) is 14.7 Å². The van der Waals surface area contributed by atoms with Crippen molar-refractivity contribution in [1.29, 1.82) is 0 Å². The molecule has 0 unspecified atom stereocenters. The van der Waals surface area contributed by atoms with Crippen LogP contribution in [0.25, 0.3) is 0 Å². The van der Waals surface area contributed by atoms with Gasteiger partial charge in [0.2, 0.25) is 5.91 Å². The zero-order valence-corrected chi connectivity index (χ0v) is 17.5. The Morgan fingerprint density at radius 1 is 1.17 bits per heavy atom. The molecular weight excluding hydrogens is 360 g/mol. The van der Waals surface area contributed by atoms with Gasteiger partial charge in [0, 0.05) is 43.4 Å². The van der Waals surface area contributed by atoms with Gasteiger partial charge in [0.15, 0.2) is 5.82 Å². The van der Waals surface area contributed by atoms with Crippen molar-refractivity contribution in [3.63, 3.8) is 0 Å². The van der Waals surface area contributed by atoms with Gasteiger partial charge in [-0.3, -0.25) is 9.48 Å². The van der Waals surface area contributed by atoms with Crippen molar-refractivity contribution in [3.05, 3.63) is 41.1 Å². The molecule has 1 aromatic carbocycles. The van der Waals surface area contributed by atoms with Gasteiger partial charge in [-0.05, 0) is 55.2 Å². The minimum atomic E-state index is 0.149. The lowest BCUT2D eigenvalue weighted by Gasteiger charge is -2.27. The van der Waals surface area contributed by atoms with Crippen LogP contribution >= 0.6 is 0 Å². The van der Waals surface area contributed by atoms with Gasteiger partial charge in [0.25, 0.3) is 0 Å². The van der Waals surface area contributed by atoms with E-state index in [-0.39, 0.29) is 5.91 Å². The summed E-state index contributed by atoms with van der Waals surface area (Å²) in [6.07, 6.45) is 10.2. The van der Waals surface area contributed by atoms with Gasteiger partial charge in [-0.1, -0.05) is 31.4 Å². The molecule has 1 N–H and O–H groups in total. The number of nitrogens with one attached hydrogen (secondary N) is 1. The molecule has 154 valence electrons. The number of hydrogen-bond acceptors (Lipinski definition) is 3. The quantitative estimate of drug-likeness (QED) is 0.780. The summed E-state index contributed by atoms with van der Waals surface area (Å²) in [5.74, 6) is 2.57. The summed E-state index contributed by atoms with van der Waals surface area (Å²) in [7, 11) is 0. The van der Waals surface area contributed by atoms with E-state index in [0.717, 1.165) is 36.9 Å². The molecule has 1 aliphatic heterocycles. The van der Waals surface area contributed by atoms with Crippen molar-refractivity contribution in [2.75, 3.05) is 11.9 Å². The summed E-state index contributed by atoms with van der Waals surface area (Å²) in [6, 6.07) is 8.90. The molecule has 5 rings (SSSR count). The smallest absolute Gasteiger partial charge is 0.219 e. The highest BCUT2D eigenvalue weighted by molar-refractivity contribution is 5.74. The molecule has 1 amide bonds. The van der Waals surface area contributed by atoms with Gasteiger partial charge in [0.05, 0.1) is 6.54 Å². The molecule has 2 heterocycles. The first-order valence-corrected chi connectivity index (χ1v) is 11.4. The second-order valence-corrected chi connectivity index (χ2v) is 9.18. The minimum Gasteiger partial charge on any atom is -0.338 e. The first-order chi connectivity index (χ1) is 14.2. The molecule has 5 nitrogen and oxygen atoms in total. The molecule has 2 aromatic rings. The van der Waals surface area contributed by atoms with Crippen molar-refractivity contribution in [3.8, 4) is 0 Å². The topological polar surface area (TPSA) is 50.2 Å². The van der Waals surface area contributed by atoms with Gasteiger partial charge in [-0.2, -0.15) is 5.10 Å². The number of carbonyl (C=O) groups is 1. The number of rotatable bonds is 5. The molecule has 0 bridgehead atoms. The molecular formula is C24H32N4O. The van der Waals surface area contributed by atoms with Crippen LogP contribution in [0.15, 0.2) is 24.3 Å². The molecule has 0 atom stereocenters. The van der Waals surface area contributed by atoms with Crippen LogP contribution in [-0.4, -0.2) is 27.1 Å². The van der Waals surface area contributed by atoms with Crippen molar-refractivity contribution < 1.29 is 4.79 Å². The number of carbonyl (C=O) groups excluding carboxylic acids is 1. The van der Waals surface area contributed by atoms with Crippen molar-refractivity contribution in [2.45, 2.75) is 77.3 Å². The lowest BCUT2D eigenvalue weighted by molar-refractivity contribution is -0.129. The summed E-state index contributed by atoms with van der Waals surface area (Å²) < 4.78 is 2.22. The Bertz CT molecular complexity index is 892. The predicted octanol–water partition coefficient (Wildman–Crippen LogP) is 4.99. The Balaban J connectivity index is 1.41. The predicted molar refractivity (Wildman–Crippen MR) is 115 cm³/mol. The first-order valence-electron chi connectivity index (χ1n) is 11.4. The average molecular weight is 393 g/mol. The second kappa shape index (κ2) is 7.85. The molecule has 0 saturated heterocycles. The van der Waals surface area contributed by atoms with E-state index < -0.39 is 0 Å². The van der Waals surface area contributed by atoms with E-state index in [1.165, 1.54) is 61.8 Å². The van der Waals surface area contributed by atoms with Gasteiger partial charge in [-0.25, -0.2) is 0 Å². The van der Waals surface area contributed by atoms with Gasteiger partial charge >= 0.3 is 0 Å². The third-order valence-electron chi connectivity index (χ3n) is 6.93. The second-order valence-electron chi connectivity index (χ2n) is 9.18. The van der Waals surface area contributed by atoms with Crippen LogP contribution in [0.4, 0.5) is 11.5 Å². The van der Waals surface area contributed by atoms with Gasteiger partial charge in [-0.15, -0.1) is 0 Å². The largest absolute Gasteiger partial charge is 0.338 e. The van der Waals surface area contributed by atoms with E-state index in [4.69, 9.17) is 5.10 Å². The molecule has 5 heteroatoms. The number of benzene rings is 1. The molecule has 1 aromatic heterocycles. The monoisotopic (exact) mass is 392 g/mol. The fourth-order valence-electron chi connectivity index (χ4n) is 5.00. The fraction of sp³-hybridized carbons (Fsp3) is 0.583. The molecule has 2 saturated carbocycles. The van der Waals surface area contributed by atoms with E-state index >= 15 is 0 Å². The van der Waals surface area contributed by atoms with E-state index in [9.17, 15) is 4.79 Å². The molecule has 2 fully saturated rings. The number of nitrogens with zero attached hydrogens (tertiary/aromatic N) is 3. The zero-order valence-electron chi connectivity index (χ0n) is 17.5. The van der Waals surface area contributed by atoms with Crippen LogP contribution in [0.5, 0.6) is 0 Å². The van der Waals surface area contributed by atoms with Gasteiger partial charge < -0.3 is 10.2 Å². The fourth-order valence-corrected chi connectivity index (χ4v) is 5.00. The summed E-state index contributed by atoms with van der Waals surface area (Å²) in [4.78, 5) is 13.9. The summed E-state index contributed by atoms with van der Waals surface area (Å²) in [6.45, 7) is 4.15. The first kappa shape index (κ1) is 18.7. The highest BCUT2D eigenvalue weighted by Gasteiger charge is 2.29. The number of anilines is 2. The Labute approximate surface area is 173 Å². The summed E-state index contributed by atoms with van der Waals surface area (Å²) in [5, 5.41) is 8.59. The van der Waals surface area contributed by atoms with Crippen LogP contribution in [0.3, 0.4) is 0 Å². The normalized spacial score (nSPS) is 19.8. The standard InChI is InChI=1S/C24H32N4O/c1-17(29)27-13-12-23-22(16-27)24(26-28(23)15-18-10-11-18)25-21-9-5-8-20(14-21)19-6-3-2-4-7-19/h5,8-9,14,18-19H,2-4,6-7,10-13,15-16H2,1H3,(H,25,26). The lowest BCUT2D eigenvalue weighted by Crippen LogP contribution is -2.34. The van der Waals surface area contributed by atoms with E-state index in [0.29, 0.717) is 12.5 Å². The van der Waals surface area contributed by atoms with Crippen LogP contribution in [-0.2, 0) is 24.3 Å². The average Bonchev–Trinajstić information content (AvgIpc) is 3.51.